The molecule has 4 nitrogen and oxygen atoms in total. The second-order valence-electron chi connectivity index (χ2n) is 8.68. The number of phenolic OH excluding ortho intramolecular Hbond substituents is 1. The maximum atomic E-state index is 10.4. The predicted octanol–water partition coefficient (Wildman–Crippen LogP) is 5.36. The zero-order valence-electron chi connectivity index (χ0n) is 17.6. The Morgan fingerprint density at radius 3 is 2.62 bits per heavy atom. The number of phenols is 1. The first-order chi connectivity index (χ1) is 14.1. The van der Waals surface area contributed by atoms with Crippen molar-refractivity contribution in [3.05, 3.63) is 46.3 Å². The number of benzene rings is 1. The predicted molar refractivity (Wildman–Crippen MR) is 114 cm³/mol. The largest absolute Gasteiger partial charge is 0.508 e. The highest BCUT2D eigenvalue weighted by Gasteiger charge is 2.41. The van der Waals surface area contributed by atoms with Gasteiger partial charge in [0.25, 0.3) is 0 Å². The summed E-state index contributed by atoms with van der Waals surface area (Å²) in [6.45, 7) is 2.54. The SMILES string of the molecule is COCC1(c2nc3c(c(-c4cccc(O)c4C)c2C#N)CCCCC3)CCCC1. The molecule has 0 bridgehead atoms. The van der Waals surface area contributed by atoms with Gasteiger partial charge in [-0.25, -0.2) is 0 Å². The molecule has 2 aliphatic rings. The van der Waals surface area contributed by atoms with E-state index >= 15 is 0 Å². The molecular weight excluding hydrogens is 360 g/mol. The molecule has 4 rings (SSSR count). The van der Waals surface area contributed by atoms with Crippen LogP contribution in [0.5, 0.6) is 5.75 Å². The Bertz CT molecular complexity index is 952. The van der Waals surface area contributed by atoms with E-state index in [0.717, 1.165) is 79.4 Å². The molecule has 0 saturated heterocycles. The molecule has 4 heteroatoms. The number of nitrogens with zero attached hydrogens (tertiary/aromatic N) is 2. The maximum absolute atomic E-state index is 10.4. The number of aryl methyl sites for hydroxylation is 1. The van der Waals surface area contributed by atoms with Gasteiger partial charge < -0.3 is 9.84 Å². The maximum Gasteiger partial charge on any atom is 0.119 e. The molecule has 152 valence electrons. The van der Waals surface area contributed by atoms with Crippen LogP contribution in [0.2, 0.25) is 0 Å². The van der Waals surface area contributed by atoms with Crippen molar-refractivity contribution >= 4 is 0 Å². The van der Waals surface area contributed by atoms with Crippen LogP contribution in [0.15, 0.2) is 18.2 Å². The number of hydrogen-bond donors (Lipinski definition) is 1. The first-order valence-electron chi connectivity index (χ1n) is 10.9. The van der Waals surface area contributed by atoms with Crippen molar-refractivity contribution in [2.75, 3.05) is 13.7 Å². The molecule has 1 saturated carbocycles. The normalized spacial score (nSPS) is 18.1. The monoisotopic (exact) mass is 390 g/mol. The summed E-state index contributed by atoms with van der Waals surface area (Å²) >= 11 is 0. The summed E-state index contributed by atoms with van der Waals surface area (Å²) < 4.78 is 5.65. The number of methoxy groups -OCH3 is 1. The third-order valence-electron chi connectivity index (χ3n) is 6.89. The molecule has 0 spiro atoms. The zero-order chi connectivity index (χ0) is 20.4. The number of aromatic nitrogens is 1. The van der Waals surface area contributed by atoms with Gasteiger partial charge in [-0.15, -0.1) is 0 Å². The third-order valence-corrected chi connectivity index (χ3v) is 6.89. The summed E-state index contributed by atoms with van der Waals surface area (Å²) in [6.07, 6.45) is 9.67. The molecule has 1 fully saturated rings. The van der Waals surface area contributed by atoms with Crippen LogP contribution in [0.25, 0.3) is 11.1 Å². The van der Waals surface area contributed by atoms with Crippen LogP contribution in [0.4, 0.5) is 0 Å². The van der Waals surface area contributed by atoms with E-state index in [9.17, 15) is 10.4 Å². The molecule has 2 aliphatic carbocycles. The van der Waals surface area contributed by atoms with Gasteiger partial charge in [-0.2, -0.15) is 5.26 Å². The molecule has 29 heavy (non-hydrogen) atoms. The first-order valence-corrected chi connectivity index (χ1v) is 10.9. The van der Waals surface area contributed by atoms with Crippen molar-refractivity contribution < 1.29 is 9.84 Å². The van der Waals surface area contributed by atoms with Crippen LogP contribution in [0.3, 0.4) is 0 Å². The lowest BCUT2D eigenvalue weighted by Crippen LogP contribution is -2.31. The Balaban J connectivity index is 2.05. The lowest BCUT2D eigenvalue weighted by molar-refractivity contribution is 0.129. The van der Waals surface area contributed by atoms with Crippen molar-refractivity contribution in [1.29, 1.82) is 5.26 Å². The molecule has 0 radical (unpaired) electrons. The fourth-order valence-electron chi connectivity index (χ4n) is 5.38. The lowest BCUT2D eigenvalue weighted by atomic mass is 9.77. The number of hydrogen-bond acceptors (Lipinski definition) is 4. The Morgan fingerprint density at radius 2 is 1.90 bits per heavy atom. The average Bonchev–Trinajstić information content (AvgIpc) is 3.07. The van der Waals surface area contributed by atoms with E-state index in [1.807, 2.05) is 19.1 Å². The quantitative estimate of drug-likeness (QED) is 0.714. The highest BCUT2D eigenvalue weighted by Crippen LogP contribution is 2.46. The Morgan fingerprint density at radius 1 is 1.14 bits per heavy atom. The fraction of sp³-hybridized carbons (Fsp3) is 0.520. The average molecular weight is 391 g/mol. The van der Waals surface area contributed by atoms with Crippen LogP contribution in [-0.2, 0) is 23.0 Å². The van der Waals surface area contributed by atoms with Crippen LogP contribution >= 0.6 is 0 Å². The number of fused-ring (bicyclic) bond motifs is 1. The van der Waals surface area contributed by atoms with Gasteiger partial charge in [0, 0.05) is 23.8 Å². The minimum absolute atomic E-state index is 0.180. The smallest absolute Gasteiger partial charge is 0.119 e. The highest BCUT2D eigenvalue weighted by molar-refractivity contribution is 5.79. The zero-order valence-corrected chi connectivity index (χ0v) is 17.6. The second kappa shape index (κ2) is 8.16. The van der Waals surface area contributed by atoms with Gasteiger partial charge in [0.05, 0.1) is 17.9 Å². The van der Waals surface area contributed by atoms with Crippen molar-refractivity contribution in [2.24, 2.45) is 0 Å². The van der Waals surface area contributed by atoms with Crippen molar-refractivity contribution in [3.8, 4) is 22.9 Å². The van der Waals surface area contributed by atoms with E-state index < -0.39 is 0 Å². The second-order valence-corrected chi connectivity index (χ2v) is 8.68. The molecule has 0 atom stereocenters. The molecule has 1 aromatic heterocycles. The Kier molecular flexibility index (Phi) is 5.61. The lowest BCUT2D eigenvalue weighted by Gasteiger charge is -2.31. The summed E-state index contributed by atoms with van der Waals surface area (Å²) in [5.74, 6) is 0.277. The minimum Gasteiger partial charge on any atom is -0.508 e. The number of ether oxygens (including phenoxy) is 1. The third kappa shape index (κ3) is 3.42. The Labute approximate surface area is 173 Å². The molecule has 0 amide bonds. The van der Waals surface area contributed by atoms with E-state index in [-0.39, 0.29) is 11.2 Å². The summed E-state index contributed by atoms with van der Waals surface area (Å²) in [7, 11) is 1.75. The van der Waals surface area contributed by atoms with Crippen LogP contribution in [-0.4, -0.2) is 23.8 Å². The Hall–Kier alpha value is -2.38. The van der Waals surface area contributed by atoms with Gasteiger partial charge in [0.1, 0.15) is 11.8 Å². The van der Waals surface area contributed by atoms with Gasteiger partial charge in [0.2, 0.25) is 0 Å². The van der Waals surface area contributed by atoms with Gasteiger partial charge in [-0.05, 0) is 68.2 Å². The number of nitriles is 1. The molecule has 1 heterocycles. The van der Waals surface area contributed by atoms with Crippen molar-refractivity contribution in [3.63, 3.8) is 0 Å². The molecular formula is C25H30N2O2. The molecule has 1 aromatic carbocycles. The standard InChI is InChI=1S/C25H30N2O2/c1-17-18(10-8-12-22(17)28)23-19-9-4-3-5-11-21(19)27-24(20(23)15-26)25(16-29-2)13-6-7-14-25/h8,10,12,28H,3-7,9,11,13-14,16H2,1-2H3. The van der Waals surface area contributed by atoms with E-state index in [2.05, 4.69) is 6.07 Å². The van der Waals surface area contributed by atoms with Gasteiger partial charge in [-0.1, -0.05) is 31.4 Å². The van der Waals surface area contributed by atoms with Crippen molar-refractivity contribution in [2.45, 2.75) is 70.1 Å². The summed E-state index contributed by atoms with van der Waals surface area (Å²) in [5, 5.41) is 20.7. The van der Waals surface area contributed by atoms with E-state index in [1.165, 1.54) is 12.0 Å². The topological polar surface area (TPSA) is 66.1 Å². The molecule has 0 aliphatic heterocycles. The highest BCUT2D eigenvalue weighted by atomic mass is 16.5. The van der Waals surface area contributed by atoms with E-state index in [1.54, 1.807) is 13.2 Å². The summed E-state index contributed by atoms with van der Waals surface area (Å²) in [5.41, 5.74) is 6.61. The van der Waals surface area contributed by atoms with E-state index in [4.69, 9.17) is 9.72 Å². The van der Waals surface area contributed by atoms with E-state index in [0.29, 0.717) is 12.2 Å². The van der Waals surface area contributed by atoms with Crippen LogP contribution < -0.4 is 0 Å². The van der Waals surface area contributed by atoms with Crippen LogP contribution in [0.1, 0.15) is 73.0 Å². The van der Waals surface area contributed by atoms with Crippen molar-refractivity contribution in [1.82, 2.24) is 4.98 Å². The summed E-state index contributed by atoms with van der Waals surface area (Å²) in [4.78, 5) is 5.19. The number of rotatable bonds is 4. The molecule has 0 unspecified atom stereocenters. The molecule has 2 aromatic rings. The minimum atomic E-state index is -0.180. The van der Waals surface area contributed by atoms with Crippen LogP contribution in [0, 0.1) is 18.3 Å². The molecule has 1 N–H and O–H groups in total. The van der Waals surface area contributed by atoms with Gasteiger partial charge in [0.15, 0.2) is 0 Å². The van der Waals surface area contributed by atoms with Gasteiger partial charge >= 0.3 is 0 Å². The first kappa shape index (κ1) is 19.9. The van der Waals surface area contributed by atoms with Gasteiger partial charge in [-0.3, -0.25) is 4.98 Å². The number of aromatic hydroxyl groups is 1. The fourth-order valence-corrected chi connectivity index (χ4v) is 5.38. The summed E-state index contributed by atoms with van der Waals surface area (Å²) in [6, 6.07) is 8.17. The number of pyridine rings is 1.